The van der Waals surface area contributed by atoms with Crippen LogP contribution in [-0.4, -0.2) is 6.54 Å². The van der Waals surface area contributed by atoms with Crippen molar-refractivity contribution in [2.45, 2.75) is 0 Å². The van der Waals surface area contributed by atoms with Crippen molar-refractivity contribution in [3.05, 3.63) is 0 Å². The van der Waals surface area contributed by atoms with Crippen molar-refractivity contribution in [2.75, 3.05) is 6.54 Å². The second kappa shape index (κ2) is 9.18. The van der Waals surface area contributed by atoms with Crippen molar-refractivity contribution < 1.29 is 13.8 Å². The molecule has 0 saturated carbocycles. The zero-order valence-corrected chi connectivity index (χ0v) is 3.50. The fourth-order valence-corrected chi connectivity index (χ4v) is 0. The molecular weight excluding hydrogens is 85.5 g/mol. The molecule has 1 nitrogen and oxygen atoms in total. The molecule has 0 aliphatic carbocycles. The average molecular weight is 91.5 g/mol. The van der Waals surface area contributed by atoms with Gasteiger partial charge in [-0.05, 0) is 0 Å². The molecule has 30 valence electrons. The highest BCUT2D eigenvalue weighted by Gasteiger charge is 1.41. The molecule has 0 radical (unpaired) electrons. The summed E-state index contributed by atoms with van der Waals surface area (Å²) in [6.07, 6.45) is 4.65. The lowest BCUT2D eigenvalue weighted by Crippen LogP contribution is -3.00. The highest BCUT2D eigenvalue weighted by atomic mass is 35.5. The summed E-state index contributed by atoms with van der Waals surface area (Å²) >= 11 is 0. The summed E-state index contributed by atoms with van der Waals surface area (Å²) in [5.74, 6) is 2.21. The monoisotopic (exact) mass is 91.0 g/mol. The van der Waals surface area contributed by atoms with Crippen molar-refractivity contribution in [3.63, 3.8) is 0 Å². The van der Waals surface area contributed by atoms with E-state index in [2.05, 4.69) is 12.3 Å². The molecule has 0 aliphatic rings. The summed E-state index contributed by atoms with van der Waals surface area (Å²) in [4.78, 5) is 0. The number of halogens is 1. The lowest BCUT2D eigenvalue weighted by Gasteiger charge is -1.56. The van der Waals surface area contributed by atoms with E-state index >= 15 is 0 Å². The Morgan fingerprint density at radius 3 is 2.20 bits per heavy atom. The number of rotatable bonds is 0. The molecule has 2 heteroatoms. The molecule has 0 atom stereocenters. The van der Waals surface area contributed by atoms with Gasteiger partial charge < -0.3 is 18.1 Å². The molecule has 0 rings (SSSR count). The van der Waals surface area contributed by atoms with E-state index in [1.165, 1.54) is 0 Å². The third-order valence-electron chi connectivity index (χ3n) is 0.118. The molecule has 0 aromatic heterocycles. The molecule has 2 N–H and O–H groups in total. The van der Waals surface area contributed by atoms with Crippen LogP contribution in [0.25, 0.3) is 0 Å². The third kappa shape index (κ3) is 19.0. The van der Waals surface area contributed by atoms with Crippen LogP contribution in [0.15, 0.2) is 0 Å². The number of terminal acetylenes is 1. The maximum absolute atomic E-state index is 4.79. The Labute approximate surface area is 39.4 Å². The second-order valence-corrected chi connectivity index (χ2v) is 0.408. The number of nitrogens with two attached hydrogens (primary N) is 1. The third-order valence-corrected chi connectivity index (χ3v) is 0.118. The van der Waals surface area contributed by atoms with Gasteiger partial charge in [0.15, 0.2) is 0 Å². The van der Waals surface area contributed by atoms with Gasteiger partial charge in [0.2, 0.25) is 0 Å². The average Bonchev–Trinajstić information content (AvgIpc) is 1.37. The van der Waals surface area contributed by atoms with E-state index in [1.807, 2.05) is 0 Å². The summed E-state index contributed by atoms with van der Waals surface area (Å²) in [5, 5.41) is 0. The first-order valence-electron chi connectivity index (χ1n) is 1.05. The summed E-state index contributed by atoms with van der Waals surface area (Å²) in [6, 6.07) is 0. The molecule has 0 saturated heterocycles. The summed E-state index contributed by atoms with van der Waals surface area (Å²) in [7, 11) is 0. The van der Waals surface area contributed by atoms with Crippen molar-refractivity contribution in [3.8, 4) is 12.3 Å². The Bertz CT molecular complexity index is 40.5. The van der Waals surface area contributed by atoms with Gasteiger partial charge >= 0.3 is 1.43 Å². The zero-order chi connectivity index (χ0) is 3.41. The van der Waals surface area contributed by atoms with E-state index in [0.717, 1.165) is 0 Å². The highest BCUT2D eigenvalue weighted by Crippen LogP contribution is 1.25. The fraction of sp³-hybridized carbons (Fsp3) is 0.333. The lowest BCUT2D eigenvalue weighted by atomic mass is 10.7. The fourth-order valence-electron chi connectivity index (χ4n) is 0. The SMILES string of the molecule is C#CCN.[Cl-].[H+]. The topological polar surface area (TPSA) is 26.0 Å². The van der Waals surface area contributed by atoms with Crippen molar-refractivity contribution >= 4 is 0 Å². The van der Waals surface area contributed by atoms with Gasteiger partial charge in [0.25, 0.3) is 0 Å². The molecule has 0 amide bonds. The van der Waals surface area contributed by atoms with Gasteiger partial charge in [-0.1, -0.05) is 5.92 Å². The van der Waals surface area contributed by atoms with Crippen LogP contribution in [0.1, 0.15) is 1.43 Å². The van der Waals surface area contributed by atoms with Gasteiger partial charge in [-0.25, -0.2) is 0 Å². The minimum atomic E-state index is 0. The van der Waals surface area contributed by atoms with Gasteiger partial charge in [-0.15, -0.1) is 6.42 Å². The summed E-state index contributed by atoms with van der Waals surface area (Å²) in [6.45, 7) is 0.347. The van der Waals surface area contributed by atoms with E-state index in [9.17, 15) is 0 Å². The van der Waals surface area contributed by atoms with E-state index in [-0.39, 0.29) is 13.8 Å². The van der Waals surface area contributed by atoms with Crippen LogP contribution in [0, 0.1) is 12.3 Å². The smallest absolute Gasteiger partial charge is 1.00 e. The van der Waals surface area contributed by atoms with E-state index in [1.54, 1.807) is 0 Å². The predicted octanol–water partition coefficient (Wildman–Crippen LogP) is -3.31. The molecule has 0 aromatic rings. The molecule has 0 aromatic carbocycles. The van der Waals surface area contributed by atoms with E-state index < -0.39 is 0 Å². The van der Waals surface area contributed by atoms with Crippen LogP contribution in [0.4, 0.5) is 0 Å². The van der Waals surface area contributed by atoms with Crippen LogP contribution in [0.2, 0.25) is 0 Å². The first kappa shape index (κ1) is 8.84. The van der Waals surface area contributed by atoms with Crippen molar-refractivity contribution in [1.82, 2.24) is 0 Å². The number of hydrogen-bond acceptors (Lipinski definition) is 1. The molecular formula is C3H6ClN. The Morgan fingerprint density at radius 2 is 2.20 bits per heavy atom. The van der Waals surface area contributed by atoms with Crippen LogP contribution in [-0.2, 0) is 0 Å². The minimum absolute atomic E-state index is 0. The maximum Gasteiger partial charge on any atom is 1.00 e. The molecule has 0 bridgehead atoms. The second-order valence-electron chi connectivity index (χ2n) is 0.408. The predicted molar refractivity (Wildman–Crippen MR) is 19.0 cm³/mol. The molecule has 0 spiro atoms. The van der Waals surface area contributed by atoms with E-state index in [4.69, 9.17) is 5.73 Å². The van der Waals surface area contributed by atoms with Crippen LogP contribution < -0.4 is 18.1 Å². The van der Waals surface area contributed by atoms with Gasteiger partial charge in [0.1, 0.15) is 0 Å². The maximum atomic E-state index is 4.79. The quantitative estimate of drug-likeness (QED) is 0.311. The first-order chi connectivity index (χ1) is 1.91. The lowest BCUT2D eigenvalue weighted by molar-refractivity contribution is -0.000000944. The van der Waals surface area contributed by atoms with E-state index in [0.29, 0.717) is 6.54 Å². The van der Waals surface area contributed by atoms with Crippen molar-refractivity contribution in [1.29, 1.82) is 0 Å². The Morgan fingerprint density at radius 1 is 2.00 bits per heavy atom. The van der Waals surface area contributed by atoms with Crippen LogP contribution >= 0.6 is 0 Å². The van der Waals surface area contributed by atoms with Crippen molar-refractivity contribution in [2.24, 2.45) is 5.73 Å². The van der Waals surface area contributed by atoms with Gasteiger partial charge in [0, 0.05) is 0 Å². The zero-order valence-electron chi connectivity index (χ0n) is 3.74. The molecule has 0 unspecified atom stereocenters. The minimum Gasteiger partial charge on any atom is -1.00 e. The normalized spacial score (nSPS) is 4.00. The molecule has 0 aliphatic heterocycles. The Hall–Kier alpha value is -0.190. The largest absolute Gasteiger partial charge is 1.00 e. The summed E-state index contributed by atoms with van der Waals surface area (Å²) < 4.78 is 0. The molecule has 0 heterocycles. The van der Waals surface area contributed by atoms with Gasteiger partial charge in [-0.2, -0.15) is 0 Å². The van der Waals surface area contributed by atoms with Crippen LogP contribution in [0.5, 0.6) is 0 Å². The Kier molecular flexibility index (Phi) is 16.2. The van der Waals surface area contributed by atoms with Gasteiger partial charge in [-0.3, -0.25) is 0 Å². The Balaban J connectivity index is -0.0000000450. The first-order valence-corrected chi connectivity index (χ1v) is 1.05. The van der Waals surface area contributed by atoms with Gasteiger partial charge in [0.05, 0.1) is 6.54 Å². The molecule has 0 fully saturated rings. The molecule has 5 heavy (non-hydrogen) atoms. The number of hydrogen-bond donors (Lipinski definition) is 1. The summed E-state index contributed by atoms with van der Waals surface area (Å²) in [5.41, 5.74) is 4.79. The highest BCUT2D eigenvalue weighted by molar-refractivity contribution is 4.83. The van der Waals surface area contributed by atoms with Crippen LogP contribution in [0.3, 0.4) is 0 Å². The standard InChI is InChI=1S/C3H5N.ClH/c1-2-3-4;/h1H,3-4H2;1H.